The Morgan fingerprint density at radius 2 is 1.81 bits per heavy atom. The number of carbonyl (C=O) groups is 1. The summed E-state index contributed by atoms with van der Waals surface area (Å²) in [6.45, 7) is 4.31. The van der Waals surface area contributed by atoms with Crippen molar-refractivity contribution in [1.29, 1.82) is 0 Å². The summed E-state index contributed by atoms with van der Waals surface area (Å²) in [5, 5.41) is 0. The first-order chi connectivity index (χ1) is 13.0. The van der Waals surface area contributed by atoms with Crippen LogP contribution >= 0.6 is 11.3 Å². The Bertz CT molecular complexity index is 1130. The van der Waals surface area contributed by atoms with Crippen LogP contribution < -0.4 is 4.80 Å². The summed E-state index contributed by atoms with van der Waals surface area (Å²) < 4.78 is 27.5. The van der Waals surface area contributed by atoms with Crippen LogP contribution in [0.3, 0.4) is 0 Å². The van der Waals surface area contributed by atoms with Gasteiger partial charge in [0.2, 0.25) is 5.91 Å². The maximum Gasteiger partial charge on any atom is 0.248 e. The van der Waals surface area contributed by atoms with E-state index in [9.17, 15) is 13.2 Å². The highest BCUT2D eigenvalue weighted by Gasteiger charge is 2.14. The largest absolute Gasteiger partial charge is 0.313 e. The number of rotatable bonds is 7. The molecule has 140 valence electrons. The van der Waals surface area contributed by atoms with E-state index in [2.05, 4.69) is 11.6 Å². The second-order valence-corrected chi connectivity index (χ2v) is 9.11. The van der Waals surface area contributed by atoms with Crippen LogP contribution in [0.25, 0.3) is 10.2 Å². The van der Waals surface area contributed by atoms with Gasteiger partial charge in [-0.15, -0.1) is 6.58 Å². The molecule has 0 atom stereocenters. The Labute approximate surface area is 162 Å². The molecule has 1 aromatic heterocycles. The van der Waals surface area contributed by atoms with E-state index >= 15 is 0 Å². The SMILES string of the molecule is C=CCn1c(=NC(=O)CCCS(=O)(=O)c2ccccc2)sc2ccccc21. The van der Waals surface area contributed by atoms with Crippen molar-refractivity contribution in [3.63, 3.8) is 0 Å². The van der Waals surface area contributed by atoms with E-state index in [1.807, 2.05) is 28.8 Å². The molecular weight excluding hydrogens is 380 g/mol. The monoisotopic (exact) mass is 400 g/mol. The summed E-state index contributed by atoms with van der Waals surface area (Å²) in [5.74, 6) is -0.389. The molecule has 5 nitrogen and oxygen atoms in total. The zero-order chi connectivity index (χ0) is 19.3. The molecular formula is C20H20N2O3S2. The molecule has 27 heavy (non-hydrogen) atoms. The maximum atomic E-state index is 12.3. The molecule has 0 spiro atoms. The molecule has 0 unspecified atom stereocenters. The van der Waals surface area contributed by atoms with Gasteiger partial charge in [0.05, 0.1) is 20.9 Å². The molecule has 3 rings (SSSR count). The van der Waals surface area contributed by atoms with Gasteiger partial charge < -0.3 is 4.57 Å². The van der Waals surface area contributed by atoms with Gasteiger partial charge in [-0.05, 0) is 30.7 Å². The van der Waals surface area contributed by atoms with Crippen molar-refractivity contribution in [3.8, 4) is 0 Å². The van der Waals surface area contributed by atoms with E-state index in [4.69, 9.17) is 0 Å². The number of nitrogens with zero attached hydrogens (tertiary/aromatic N) is 2. The number of benzene rings is 2. The third-order valence-electron chi connectivity index (χ3n) is 4.03. The van der Waals surface area contributed by atoms with Crippen LogP contribution in [0.2, 0.25) is 0 Å². The minimum absolute atomic E-state index is 0.0721. The Balaban J connectivity index is 1.73. The molecule has 0 N–H and O–H groups in total. The van der Waals surface area contributed by atoms with E-state index in [0.717, 1.165) is 10.2 Å². The molecule has 1 amide bonds. The summed E-state index contributed by atoms with van der Waals surface area (Å²) in [6.07, 6.45) is 2.09. The van der Waals surface area contributed by atoms with Gasteiger partial charge in [0.1, 0.15) is 0 Å². The number of amides is 1. The minimum Gasteiger partial charge on any atom is -0.313 e. The number of carbonyl (C=O) groups excluding carboxylic acids is 1. The summed E-state index contributed by atoms with van der Waals surface area (Å²) in [4.78, 5) is 17.4. The molecule has 3 aromatic rings. The Hall–Kier alpha value is -2.51. The Morgan fingerprint density at radius 3 is 2.56 bits per heavy atom. The molecule has 0 fully saturated rings. The van der Waals surface area contributed by atoms with Gasteiger partial charge in [0.25, 0.3) is 0 Å². The zero-order valence-corrected chi connectivity index (χ0v) is 16.4. The smallest absolute Gasteiger partial charge is 0.248 e. The number of fused-ring (bicyclic) bond motifs is 1. The number of hydrogen-bond donors (Lipinski definition) is 0. The lowest BCUT2D eigenvalue weighted by Crippen LogP contribution is -2.16. The average molecular weight is 401 g/mol. The molecule has 2 aromatic carbocycles. The second-order valence-electron chi connectivity index (χ2n) is 5.99. The molecule has 0 saturated carbocycles. The summed E-state index contributed by atoms with van der Waals surface area (Å²) in [5.41, 5.74) is 1.00. The third-order valence-corrected chi connectivity index (χ3v) is 6.90. The van der Waals surface area contributed by atoms with Crippen molar-refractivity contribution < 1.29 is 13.2 Å². The van der Waals surface area contributed by atoms with Crippen LogP contribution in [0.1, 0.15) is 12.8 Å². The lowest BCUT2D eigenvalue weighted by Gasteiger charge is -2.03. The van der Waals surface area contributed by atoms with Crippen LogP contribution in [0.15, 0.2) is 77.1 Å². The molecule has 1 heterocycles. The van der Waals surface area contributed by atoms with Gasteiger partial charge in [-0.1, -0.05) is 47.7 Å². The van der Waals surface area contributed by atoms with E-state index in [1.54, 1.807) is 36.4 Å². The fourth-order valence-electron chi connectivity index (χ4n) is 2.73. The average Bonchev–Trinajstić information content (AvgIpc) is 3.00. The number of thiazole rings is 1. The fourth-order valence-corrected chi connectivity index (χ4v) is 5.12. The van der Waals surface area contributed by atoms with Crippen molar-refractivity contribution in [2.24, 2.45) is 4.99 Å². The van der Waals surface area contributed by atoms with Gasteiger partial charge in [0.15, 0.2) is 14.6 Å². The van der Waals surface area contributed by atoms with Crippen LogP contribution in [-0.2, 0) is 21.2 Å². The molecule has 0 bridgehead atoms. The molecule has 0 saturated heterocycles. The molecule has 0 aliphatic carbocycles. The lowest BCUT2D eigenvalue weighted by molar-refractivity contribution is -0.118. The van der Waals surface area contributed by atoms with Crippen molar-refractivity contribution in [2.45, 2.75) is 24.3 Å². The van der Waals surface area contributed by atoms with E-state index < -0.39 is 9.84 Å². The highest BCUT2D eigenvalue weighted by molar-refractivity contribution is 7.91. The lowest BCUT2D eigenvalue weighted by atomic mass is 10.3. The Kier molecular flexibility index (Phi) is 6.03. The summed E-state index contributed by atoms with van der Waals surface area (Å²) >= 11 is 1.44. The number of aromatic nitrogens is 1. The molecule has 0 aliphatic rings. The van der Waals surface area contributed by atoms with Gasteiger partial charge >= 0.3 is 0 Å². The van der Waals surface area contributed by atoms with Gasteiger partial charge in [-0.3, -0.25) is 4.79 Å². The Morgan fingerprint density at radius 1 is 1.11 bits per heavy atom. The molecule has 0 radical (unpaired) electrons. The predicted octanol–water partition coefficient (Wildman–Crippen LogP) is 3.57. The standard InChI is InChI=1S/C20H20N2O3S2/c1-2-14-22-17-11-6-7-12-18(17)26-20(22)21-19(23)13-8-15-27(24,25)16-9-4-3-5-10-16/h2-7,9-12H,1,8,13-15H2. The topological polar surface area (TPSA) is 68.5 Å². The van der Waals surface area contributed by atoms with Crippen LogP contribution in [0.4, 0.5) is 0 Å². The number of allylic oxidation sites excluding steroid dienone is 1. The first-order valence-corrected chi connectivity index (χ1v) is 11.0. The number of sulfone groups is 1. The van der Waals surface area contributed by atoms with Gasteiger partial charge in [-0.2, -0.15) is 4.99 Å². The highest BCUT2D eigenvalue weighted by atomic mass is 32.2. The van der Waals surface area contributed by atoms with Crippen molar-refractivity contribution >= 4 is 37.3 Å². The molecule has 0 aliphatic heterocycles. The first-order valence-electron chi connectivity index (χ1n) is 8.56. The van der Waals surface area contributed by atoms with Gasteiger partial charge in [0, 0.05) is 13.0 Å². The third kappa shape index (κ3) is 4.61. The summed E-state index contributed by atoms with van der Waals surface area (Å²) in [6, 6.07) is 16.1. The number of hydrogen-bond acceptors (Lipinski definition) is 4. The van der Waals surface area contributed by atoms with Crippen LogP contribution in [0, 0.1) is 0 Å². The minimum atomic E-state index is -3.38. The second kappa shape index (κ2) is 8.45. The van der Waals surface area contributed by atoms with Crippen LogP contribution in [0.5, 0.6) is 0 Å². The summed E-state index contributed by atoms with van der Waals surface area (Å²) in [7, 11) is -3.38. The van der Waals surface area contributed by atoms with Crippen molar-refractivity contribution in [1.82, 2.24) is 4.57 Å². The van der Waals surface area contributed by atoms with E-state index in [1.165, 1.54) is 11.3 Å². The quantitative estimate of drug-likeness (QED) is 0.569. The predicted molar refractivity (Wildman–Crippen MR) is 108 cm³/mol. The molecule has 7 heteroatoms. The van der Waals surface area contributed by atoms with Gasteiger partial charge in [-0.25, -0.2) is 8.42 Å². The van der Waals surface area contributed by atoms with Crippen molar-refractivity contribution in [2.75, 3.05) is 5.75 Å². The fraction of sp³-hybridized carbons (Fsp3) is 0.200. The highest BCUT2D eigenvalue weighted by Crippen LogP contribution is 2.17. The van der Waals surface area contributed by atoms with E-state index in [0.29, 0.717) is 11.3 Å². The van der Waals surface area contributed by atoms with E-state index in [-0.39, 0.29) is 29.4 Å². The number of para-hydroxylation sites is 1. The normalized spacial score (nSPS) is 12.4. The van der Waals surface area contributed by atoms with Crippen molar-refractivity contribution in [3.05, 3.63) is 72.1 Å². The first kappa shape index (κ1) is 19.3. The maximum absolute atomic E-state index is 12.3. The van der Waals surface area contributed by atoms with Crippen LogP contribution in [-0.4, -0.2) is 24.6 Å². The zero-order valence-electron chi connectivity index (χ0n) is 14.7.